The van der Waals surface area contributed by atoms with Gasteiger partial charge in [-0.1, -0.05) is 15.9 Å². The van der Waals surface area contributed by atoms with Crippen LogP contribution in [0, 0.1) is 0 Å². The lowest BCUT2D eigenvalue weighted by Crippen LogP contribution is -2.33. The second-order valence-electron chi connectivity index (χ2n) is 3.70. The molecular formula is C10H13BrN2O2S. The van der Waals surface area contributed by atoms with Crippen LogP contribution in [0.4, 0.5) is 5.69 Å². The Bertz CT molecular complexity index is 502. The summed E-state index contributed by atoms with van der Waals surface area (Å²) in [5, 5.41) is 0. The van der Waals surface area contributed by atoms with Crippen LogP contribution in [-0.4, -0.2) is 27.3 Å². The van der Waals surface area contributed by atoms with Gasteiger partial charge in [-0.05, 0) is 30.2 Å². The van der Waals surface area contributed by atoms with Gasteiger partial charge < -0.3 is 5.73 Å². The van der Waals surface area contributed by atoms with E-state index in [1.54, 1.807) is 0 Å². The molecule has 0 unspecified atom stereocenters. The predicted octanol–water partition coefficient (Wildman–Crippen LogP) is 1.10. The van der Waals surface area contributed by atoms with Crippen molar-refractivity contribution in [3.05, 3.63) is 28.2 Å². The topological polar surface area (TPSA) is 63.4 Å². The zero-order valence-electron chi connectivity index (χ0n) is 8.69. The fourth-order valence-corrected chi connectivity index (χ4v) is 3.66. The molecule has 2 N–H and O–H groups in total. The van der Waals surface area contributed by atoms with Gasteiger partial charge >= 0.3 is 0 Å². The smallest absolute Gasteiger partial charge is 0.236 e. The lowest BCUT2D eigenvalue weighted by atomic mass is 10.2. The van der Waals surface area contributed by atoms with Gasteiger partial charge in [-0.3, -0.25) is 4.31 Å². The molecule has 88 valence electrons. The molecule has 2 rings (SSSR count). The van der Waals surface area contributed by atoms with Crippen LogP contribution in [0.25, 0.3) is 0 Å². The van der Waals surface area contributed by atoms with Gasteiger partial charge in [0.2, 0.25) is 10.0 Å². The Hall–Kier alpha value is -0.590. The van der Waals surface area contributed by atoms with Crippen molar-refractivity contribution in [2.24, 2.45) is 5.73 Å². The Morgan fingerprint density at radius 2 is 2.19 bits per heavy atom. The molecule has 1 aliphatic rings. The number of rotatable bonds is 3. The predicted molar refractivity (Wildman–Crippen MR) is 68.0 cm³/mol. The van der Waals surface area contributed by atoms with Crippen LogP contribution >= 0.6 is 15.9 Å². The fourth-order valence-electron chi connectivity index (χ4n) is 1.89. The van der Waals surface area contributed by atoms with Gasteiger partial charge in [0.05, 0.1) is 11.4 Å². The molecule has 4 nitrogen and oxygen atoms in total. The van der Waals surface area contributed by atoms with E-state index in [1.165, 1.54) is 4.31 Å². The highest BCUT2D eigenvalue weighted by Gasteiger charge is 2.28. The second kappa shape index (κ2) is 4.35. The molecule has 0 aromatic heterocycles. The largest absolute Gasteiger partial charge is 0.329 e. The summed E-state index contributed by atoms with van der Waals surface area (Å²) in [6.45, 7) is 0.679. The SMILES string of the molecule is NCCS(=O)(=O)N1CCc2cc(Br)ccc21. The van der Waals surface area contributed by atoms with E-state index < -0.39 is 10.0 Å². The summed E-state index contributed by atoms with van der Waals surface area (Å²) in [5.41, 5.74) is 7.17. The first kappa shape index (κ1) is 11.9. The van der Waals surface area contributed by atoms with Crippen LogP contribution in [0.1, 0.15) is 5.56 Å². The maximum atomic E-state index is 11.9. The van der Waals surface area contributed by atoms with Gasteiger partial charge in [0, 0.05) is 17.6 Å². The first-order valence-electron chi connectivity index (χ1n) is 5.03. The van der Waals surface area contributed by atoms with Crippen molar-refractivity contribution in [1.29, 1.82) is 0 Å². The summed E-state index contributed by atoms with van der Waals surface area (Å²) in [4.78, 5) is 0. The van der Waals surface area contributed by atoms with Gasteiger partial charge in [-0.25, -0.2) is 8.42 Å². The van der Waals surface area contributed by atoms with Gasteiger partial charge in [0.25, 0.3) is 0 Å². The van der Waals surface area contributed by atoms with E-state index in [4.69, 9.17) is 5.73 Å². The number of benzene rings is 1. The summed E-state index contributed by atoms with van der Waals surface area (Å²) >= 11 is 3.38. The first-order valence-corrected chi connectivity index (χ1v) is 7.44. The van der Waals surface area contributed by atoms with Crippen molar-refractivity contribution in [3.8, 4) is 0 Å². The van der Waals surface area contributed by atoms with Crippen molar-refractivity contribution in [2.75, 3.05) is 23.1 Å². The van der Waals surface area contributed by atoms with Crippen LogP contribution in [0.5, 0.6) is 0 Å². The molecule has 1 aromatic rings. The molecule has 1 aromatic carbocycles. The molecule has 0 spiro atoms. The maximum absolute atomic E-state index is 11.9. The van der Waals surface area contributed by atoms with E-state index in [-0.39, 0.29) is 12.3 Å². The minimum Gasteiger partial charge on any atom is -0.329 e. The van der Waals surface area contributed by atoms with E-state index in [2.05, 4.69) is 15.9 Å². The molecule has 0 amide bonds. The molecule has 1 aliphatic heterocycles. The molecule has 0 aliphatic carbocycles. The molecule has 1 heterocycles. The highest BCUT2D eigenvalue weighted by Crippen LogP contribution is 2.32. The molecule has 16 heavy (non-hydrogen) atoms. The molecule has 0 saturated heterocycles. The Kier molecular flexibility index (Phi) is 3.23. The Labute approximate surface area is 104 Å². The molecule has 0 fully saturated rings. The molecule has 0 bridgehead atoms. The van der Waals surface area contributed by atoms with Gasteiger partial charge in [0.15, 0.2) is 0 Å². The zero-order valence-corrected chi connectivity index (χ0v) is 11.1. The molecular weight excluding hydrogens is 292 g/mol. The second-order valence-corrected chi connectivity index (χ2v) is 6.63. The molecule has 0 radical (unpaired) electrons. The highest BCUT2D eigenvalue weighted by atomic mass is 79.9. The summed E-state index contributed by atoms with van der Waals surface area (Å²) in [7, 11) is -3.24. The third-order valence-corrected chi connectivity index (χ3v) is 4.90. The Balaban J connectivity index is 2.37. The number of anilines is 1. The lowest BCUT2D eigenvalue weighted by Gasteiger charge is -2.18. The van der Waals surface area contributed by atoms with E-state index in [0.29, 0.717) is 6.54 Å². The van der Waals surface area contributed by atoms with Crippen molar-refractivity contribution in [1.82, 2.24) is 0 Å². The minimum absolute atomic E-state index is 0.00248. The van der Waals surface area contributed by atoms with Crippen LogP contribution < -0.4 is 10.0 Å². The minimum atomic E-state index is -3.24. The molecule has 0 atom stereocenters. The summed E-state index contributed by atoms with van der Waals surface area (Å²) in [6.07, 6.45) is 0.762. The Morgan fingerprint density at radius 3 is 2.88 bits per heavy atom. The first-order chi connectivity index (χ1) is 7.54. The third-order valence-electron chi connectivity index (χ3n) is 2.61. The van der Waals surface area contributed by atoms with Crippen LogP contribution in [0.3, 0.4) is 0 Å². The number of nitrogens with two attached hydrogens (primary N) is 1. The number of sulfonamides is 1. The van der Waals surface area contributed by atoms with Gasteiger partial charge in [-0.15, -0.1) is 0 Å². The summed E-state index contributed by atoms with van der Waals surface area (Å²) in [5.74, 6) is 0.00248. The number of fused-ring (bicyclic) bond motifs is 1. The highest BCUT2D eigenvalue weighted by molar-refractivity contribution is 9.10. The standard InChI is InChI=1S/C10H13BrN2O2S/c11-9-1-2-10-8(7-9)3-5-13(10)16(14,15)6-4-12/h1-2,7H,3-6,12H2. The van der Waals surface area contributed by atoms with Crippen molar-refractivity contribution in [3.63, 3.8) is 0 Å². The third kappa shape index (κ3) is 2.09. The van der Waals surface area contributed by atoms with Gasteiger partial charge in [-0.2, -0.15) is 0 Å². The van der Waals surface area contributed by atoms with E-state index in [9.17, 15) is 8.42 Å². The van der Waals surface area contributed by atoms with Crippen LogP contribution in [0.2, 0.25) is 0 Å². The lowest BCUT2D eigenvalue weighted by molar-refractivity contribution is 0.592. The average Bonchev–Trinajstić information content (AvgIpc) is 2.60. The average molecular weight is 305 g/mol. The van der Waals surface area contributed by atoms with Crippen molar-refractivity contribution >= 4 is 31.6 Å². The maximum Gasteiger partial charge on any atom is 0.236 e. The number of hydrogen-bond acceptors (Lipinski definition) is 3. The number of hydrogen-bond donors (Lipinski definition) is 1. The van der Waals surface area contributed by atoms with E-state index >= 15 is 0 Å². The Morgan fingerprint density at radius 1 is 1.44 bits per heavy atom. The molecule has 6 heteroatoms. The van der Waals surface area contributed by atoms with Crippen molar-refractivity contribution in [2.45, 2.75) is 6.42 Å². The number of nitrogens with zero attached hydrogens (tertiary/aromatic N) is 1. The van der Waals surface area contributed by atoms with Crippen LogP contribution in [-0.2, 0) is 16.4 Å². The fraction of sp³-hybridized carbons (Fsp3) is 0.400. The summed E-state index contributed by atoms with van der Waals surface area (Å²) in [6, 6.07) is 5.66. The normalized spacial score (nSPS) is 15.2. The van der Waals surface area contributed by atoms with Crippen molar-refractivity contribution < 1.29 is 8.42 Å². The number of halogens is 1. The summed E-state index contributed by atoms with van der Waals surface area (Å²) < 4.78 is 26.3. The van der Waals surface area contributed by atoms with Crippen LogP contribution in [0.15, 0.2) is 22.7 Å². The quantitative estimate of drug-likeness (QED) is 0.909. The van der Waals surface area contributed by atoms with E-state index in [1.807, 2.05) is 18.2 Å². The van der Waals surface area contributed by atoms with Gasteiger partial charge in [0.1, 0.15) is 0 Å². The zero-order chi connectivity index (χ0) is 11.8. The van der Waals surface area contributed by atoms with E-state index in [0.717, 1.165) is 22.1 Å². The molecule has 0 saturated carbocycles. The monoisotopic (exact) mass is 304 g/mol.